The Bertz CT molecular complexity index is 341. The van der Waals surface area contributed by atoms with Gasteiger partial charge in [-0.2, -0.15) is 0 Å². The number of fused-ring (bicyclic) bond motifs is 2. The maximum Gasteiger partial charge on any atom is 0.0896 e. The normalized spacial score (nSPS) is 18.8. The third-order valence-corrected chi connectivity index (χ3v) is 2.95. The van der Waals surface area contributed by atoms with Crippen LogP contribution in [-0.2, 0) is 31.0 Å². The zero-order valence-corrected chi connectivity index (χ0v) is 7.68. The number of hydrogen-bond acceptors (Lipinski definition) is 3. The van der Waals surface area contributed by atoms with Crippen LogP contribution in [0, 0.1) is 6.92 Å². The Balaban J connectivity index is 2.26. The van der Waals surface area contributed by atoms with Crippen molar-refractivity contribution in [3.8, 4) is 0 Å². The van der Waals surface area contributed by atoms with E-state index in [1.54, 1.807) is 0 Å². The lowest BCUT2D eigenvalue weighted by molar-refractivity contribution is 0.133. The number of hydrogen-bond donors (Lipinski definition) is 1. The lowest BCUT2D eigenvalue weighted by Gasteiger charge is -2.07. The Labute approximate surface area is 77.1 Å². The van der Waals surface area contributed by atoms with Gasteiger partial charge in [-0.05, 0) is 18.1 Å². The number of nitrogens with one attached hydrogen (secondary N) is 1. The summed E-state index contributed by atoms with van der Waals surface area (Å²) in [5.41, 5.74) is 6.48. The molecule has 3 rings (SSSR count). The van der Waals surface area contributed by atoms with E-state index in [4.69, 9.17) is 4.74 Å². The molecule has 2 aliphatic rings. The molecule has 1 aromatic heterocycles. The lowest BCUT2D eigenvalue weighted by atomic mass is 10.0. The summed E-state index contributed by atoms with van der Waals surface area (Å²) in [6.45, 7) is 5.52. The van der Waals surface area contributed by atoms with E-state index in [0.717, 1.165) is 25.4 Å². The molecule has 1 N–H and O–H groups in total. The molecule has 0 saturated heterocycles. The molecule has 68 valence electrons. The molecule has 3 heterocycles. The van der Waals surface area contributed by atoms with Gasteiger partial charge in [0, 0.05) is 18.7 Å². The second-order valence-corrected chi connectivity index (χ2v) is 3.68. The molecule has 0 aliphatic carbocycles. The van der Waals surface area contributed by atoms with Gasteiger partial charge in [0.25, 0.3) is 0 Å². The van der Waals surface area contributed by atoms with Crippen molar-refractivity contribution in [2.45, 2.75) is 33.2 Å². The van der Waals surface area contributed by atoms with Gasteiger partial charge in [-0.15, -0.1) is 0 Å². The van der Waals surface area contributed by atoms with Gasteiger partial charge in [-0.25, -0.2) is 0 Å². The second-order valence-electron chi connectivity index (χ2n) is 3.68. The first-order valence-corrected chi connectivity index (χ1v) is 4.65. The number of aromatic nitrogens is 1. The van der Waals surface area contributed by atoms with Crippen LogP contribution in [-0.4, -0.2) is 4.98 Å². The maximum atomic E-state index is 5.39. The smallest absolute Gasteiger partial charge is 0.0896 e. The first kappa shape index (κ1) is 7.47. The van der Waals surface area contributed by atoms with Crippen LogP contribution in [0.15, 0.2) is 0 Å². The Morgan fingerprint density at radius 1 is 1.15 bits per heavy atom. The van der Waals surface area contributed by atoms with E-state index in [-0.39, 0.29) is 0 Å². The highest BCUT2D eigenvalue weighted by Crippen LogP contribution is 2.28. The van der Waals surface area contributed by atoms with E-state index in [1.807, 2.05) is 0 Å². The Morgan fingerprint density at radius 3 is 3.00 bits per heavy atom. The molecule has 0 amide bonds. The van der Waals surface area contributed by atoms with E-state index < -0.39 is 0 Å². The monoisotopic (exact) mass is 176 g/mol. The van der Waals surface area contributed by atoms with Crippen molar-refractivity contribution in [2.75, 3.05) is 0 Å². The number of nitrogens with zero attached hydrogens (tertiary/aromatic N) is 1. The van der Waals surface area contributed by atoms with E-state index in [2.05, 4.69) is 17.2 Å². The van der Waals surface area contributed by atoms with Crippen LogP contribution in [0.3, 0.4) is 0 Å². The fourth-order valence-electron chi connectivity index (χ4n) is 2.16. The van der Waals surface area contributed by atoms with E-state index in [0.29, 0.717) is 6.61 Å². The average molecular weight is 176 g/mol. The molecule has 0 atom stereocenters. The first-order chi connectivity index (χ1) is 6.36. The van der Waals surface area contributed by atoms with Crippen LogP contribution in [0.4, 0.5) is 0 Å². The van der Waals surface area contributed by atoms with Gasteiger partial charge in [0.15, 0.2) is 0 Å². The minimum absolute atomic E-state index is 0.698. The van der Waals surface area contributed by atoms with Crippen LogP contribution in [0.25, 0.3) is 0 Å². The first-order valence-electron chi connectivity index (χ1n) is 4.65. The molecule has 0 unspecified atom stereocenters. The Hall–Kier alpha value is -0.930. The summed E-state index contributed by atoms with van der Waals surface area (Å²) in [5, 5.41) is 3.33. The zero-order chi connectivity index (χ0) is 8.84. The Kier molecular flexibility index (Phi) is 1.45. The quantitative estimate of drug-likeness (QED) is 0.641. The summed E-state index contributed by atoms with van der Waals surface area (Å²) in [4.78, 5) is 4.61. The highest BCUT2D eigenvalue weighted by atomic mass is 16.5. The predicted molar refractivity (Wildman–Crippen MR) is 48.0 cm³/mol. The second kappa shape index (κ2) is 2.53. The average Bonchev–Trinajstić information content (AvgIpc) is 2.71. The van der Waals surface area contributed by atoms with Gasteiger partial charge >= 0.3 is 0 Å². The number of pyridine rings is 1. The molecular formula is C10H12N2O. The standard InChI is InChI=1S/C10H12N2O/c1-6-7-2-11-3-9(7)12-10-5-13-4-8(6)10/h11H,2-5H2,1H3. The molecule has 0 saturated carbocycles. The van der Waals surface area contributed by atoms with E-state index >= 15 is 0 Å². The fraction of sp³-hybridized carbons (Fsp3) is 0.500. The van der Waals surface area contributed by atoms with Crippen molar-refractivity contribution >= 4 is 0 Å². The number of rotatable bonds is 0. The molecule has 0 bridgehead atoms. The summed E-state index contributed by atoms with van der Waals surface area (Å²) in [6, 6.07) is 0. The summed E-state index contributed by atoms with van der Waals surface area (Å²) >= 11 is 0. The van der Waals surface area contributed by atoms with Gasteiger partial charge in [-0.1, -0.05) is 0 Å². The van der Waals surface area contributed by atoms with Gasteiger partial charge < -0.3 is 10.1 Å². The van der Waals surface area contributed by atoms with Crippen molar-refractivity contribution in [3.63, 3.8) is 0 Å². The van der Waals surface area contributed by atoms with Crippen molar-refractivity contribution in [1.29, 1.82) is 0 Å². The minimum Gasteiger partial charge on any atom is -0.370 e. The summed E-state index contributed by atoms with van der Waals surface area (Å²) < 4.78 is 5.39. The summed E-state index contributed by atoms with van der Waals surface area (Å²) in [5.74, 6) is 0. The van der Waals surface area contributed by atoms with Crippen molar-refractivity contribution < 1.29 is 4.74 Å². The topological polar surface area (TPSA) is 34.1 Å². The van der Waals surface area contributed by atoms with Gasteiger partial charge in [-0.3, -0.25) is 4.98 Å². The number of ether oxygens (including phenoxy) is 1. The van der Waals surface area contributed by atoms with Crippen LogP contribution in [0.2, 0.25) is 0 Å². The molecule has 0 aromatic carbocycles. The largest absolute Gasteiger partial charge is 0.370 e. The predicted octanol–water partition coefficient (Wildman–Crippen LogP) is 1.02. The molecule has 1 aromatic rings. The van der Waals surface area contributed by atoms with Crippen molar-refractivity contribution in [2.24, 2.45) is 0 Å². The molecule has 0 radical (unpaired) electrons. The van der Waals surface area contributed by atoms with E-state index in [1.165, 1.54) is 22.4 Å². The van der Waals surface area contributed by atoms with Gasteiger partial charge in [0.1, 0.15) is 0 Å². The SMILES string of the molecule is Cc1c2c(nc3c1COC3)CNC2. The summed E-state index contributed by atoms with van der Waals surface area (Å²) in [7, 11) is 0. The molecule has 3 heteroatoms. The summed E-state index contributed by atoms with van der Waals surface area (Å²) in [6.07, 6.45) is 0. The van der Waals surface area contributed by atoms with Crippen LogP contribution in [0.1, 0.15) is 28.1 Å². The highest BCUT2D eigenvalue weighted by molar-refractivity contribution is 5.42. The van der Waals surface area contributed by atoms with Gasteiger partial charge in [0.05, 0.1) is 24.6 Å². The maximum absolute atomic E-state index is 5.39. The highest BCUT2D eigenvalue weighted by Gasteiger charge is 2.22. The molecule has 3 nitrogen and oxygen atoms in total. The molecule has 0 spiro atoms. The third-order valence-electron chi connectivity index (χ3n) is 2.95. The molecule has 2 aliphatic heterocycles. The van der Waals surface area contributed by atoms with Crippen molar-refractivity contribution in [3.05, 3.63) is 28.1 Å². The fourth-order valence-corrected chi connectivity index (χ4v) is 2.16. The molecule has 13 heavy (non-hydrogen) atoms. The zero-order valence-electron chi connectivity index (χ0n) is 7.68. The van der Waals surface area contributed by atoms with Crippen LogP contribution in [0.5, 0.6) is 0 Å². The minimum atomic E-state index is 0.698. The molecule has 0 fully saturated rings. The Morgan fingerprint density at radius 2 is 2.08 bits per heavy atom. The third kappa shape index (κ3) is 0.943. The van der Waals surface area contributed by atoms with Gasteiger partial charge in [0.2, 0.25) is 0 Å². The van der Waals surface area contributed by atoms with Crippen molar-refractivity contribution in [1.82, 2.24) is 10.3 Å². The van der Waals surface area contributed by atoms with Crippen LogP contribution >= 0.6 is 0 Å². The van der Waals surface area contributed by atoms with Crippen LogP contribution < -0.4 is 5.32 Å². The lowest BCUT2D eigenvalue weighted by Crippen LogP contribution is -2.00. The molecular weight excluding hydrogens is 164 g/mol. The van der Waals surface area contributed by atoms with E-state index in [9.17, 15) is 0 Å².